The quantitative estimate of drug-likeness (QED) is 0.651. The minimum atomic E-state index is -0.370. The van der Waals surface area contributed by atoms with Gasteiger partial charge in [-0.15, -0.1) is 0 Å². The molecular formula is C22H25N3O3. The lowest BCUT2D eigenvalue weighted by Gasteiger charge is -2.20. The fraction of sp³-hybridized carbons (Fsp3) is 0.318. The van der Waals surface area contributed by atoms with Gasteiger partial charge in [-0.2, -0.15) is 4.98 Å². The van der Waals surface area contributed by atoms with E-state index >= 15 is 0 Å². The highest BCUT2D eigenvalue weighted by Crippen LogP contribution is 2.27. The van der Waals surface area contributed by atoms with Crippen LogP contribution in [0.3, 0.4) is 0 Å². The summed E-state index contributed by atoms with van der Waals surface area (Å²) in [6, 6.07) is 14.6. The molecule has 1 amide bonds. The topological polar surface area (TPSA) is 77.2 Å². The van der Waals surface area contributed by atoms with Crippen LogP contribution in [0.15, 0.2) is 53.1 Å². The largest absolute Gasteiger partial charge is 0.497 e. The summed E-state index contributed by atoms with van der Waals surface area (Å²) >= 11 is 0. The second kappa shape index (κ2) is 8.69. The number of benzene rings is 2. The van der Waals surface area contributed by atoms with Crippen molar-refractivity contribution in [2.24, 2.45) is 5.92 Å². The summed E-state index contributed by atoms with van der Waals surface area (Å²) in [6.07, 6.45) is 0.857. The monoisotopic (exact) mass is 379 g/mol. The standard InChI is InChI=1S/C22H25N3O3/c1-5-15(3)19(23-21(26)16-11-9-14(2)10-12-16)22-24-20(25-28-22)17-7-6-8-18(13-17)27-4/h6-13,15,19H,5H2,1-4H3,(H,23,26)/t15-,19-/m1/s1. The number of ether oxygens (including phenoxy) is 1. The molecule has 3 aromatic rings. The number of nitrogens with zero attached hydrogens (tertiary/aromatic N) is 2. The lowest BCUT2D eigenvalue weighted by atomic mass is 9.98. The molecule has 1 N–H and O–H groups in total. The number of nitrogens with one attached hydrogen (secondary N) is 1. The van der Waals surface area contributed by atoms with Gasteiger partial charge in [0.25, 0.3) is 5.91 Å². The fourth-order valence-corrected chi connectivity index (χ4v) is 2.85. The highest BCUT2D eigenvalue weighted by Gasteiger charge is 2.27. The third-order valence-electron chi connectivity index (χ3n) is 4.85. The van der Waals surface area contributed by atoms with Crippen molar-refractivity contribution in [3.63, 3.8) is 0 Å². The van der Waals surface area contributed by atoms with Gasteiger partial charge in [-0.1, -0.05) is 55.3 Å². The molecule has 0 spiro atoms. The lowest BCUT2D eigenvalue weighted by molar-refractivity contribution is 0.0910. The zero-order valence-electron chi connectivity index (χ0n) is 16.6. The molecule has 2 atom stereocenters. The zero-order chi connectivity index (χ0) is 20.1. The summed E-state index contributed by atoms with van der Waals surface area (Å²) in [5.41, 5.74) is 2.50. The molecule has 0 aliphatic carbocycles. The van der Waals surface area contributed by atoms with Gasteiger partial charge < -0.3 is 14.6 Å². The van der Waals surface area contributed by atoms with E-state index in [0.29, 0.717) is 17.3 Å². The molecule has 6 heteroatoms. The van der Waals surface area contributed by atoms with Crippen LogP contribution in [0, 0.1) is 12.8 Å². The second-order valence-corrected chi connectivity index (χ2v) is 6.89. The number of carbonyl (C=O) groups excluding carboxylic acids is 1. The van der Waals surface area contributed by atoms with Crippen molar-refractivity contribution < 1.29 is 14.1 Å². The van der Waals surface area contributed by atoms with Crippen molar-refractivity contribution in [2.75, 3.05) is 7.11 Å². The molecule has 0 unspecified atom stereocenters. The number of aromatic nitrogens is 2. The van der Waals surface area contributed by atoms with Crippen molar-refractivity contribution in [3.8, 4) is 17.1 Å². The minimum absolute atomic E-state index is 0.132. The maximum absolute atomic E-state index is 12.7. The molecule has 0 saturated carbocycles. The van der Waals surface area contributed by atoms with E-state index in [1.165, 1.54) is 0 Å². The van der Waals surface area contributed by atoms with Crippen LogP contribution < -0.4 is 10.1 Å². The van der Waals surface area contributed by atoms with Gasteiger partial charge in [0.15, 0.2) is 0 Å². The normalized spacial score (nSPS) is 13.0. The van der Waals surface area contributed by atoms with Crippen molar-refractivity contribution in [2.45, 2.75) is 33.2 Å². The summed E-state index contributed by atoms with van der Waals surface area (Å²) in [4.78, 5) is 17.2. The number of hydrogen-bond donors (Lipinski definition) is 1. The Labute approximate surface area is 164 Å². The number of amides is 1. The lowest BCUT2D eigenvalue weighted by Crippen LogP contribution is -2.32. The predicted molar refractivity (Wildman–Crippen MR) is 107 cm³/mol. The Bertz CT molecular complexity index is 934. The fourth-order valence-electron chi connectivity index (χ4n) is 2.85. The molecule has 1 heterocycles. The summed E-state index contributed by atoms with van der Waals surface area (Å²) in [5.74, 6) is 1.55. The number of hydrogen-bond acceptors (Lipinski definition) is 5. The molecule has 28 heavy (non-hydrogen) atoms. The molecule has 6 nitrogen and oxygen atoms in total. The summed E-state index contributed by atoms with van der Waals surface area (Å²) in [6.45, 7) is 6.10. The number of aryl methyl sites for hydroxylation is 1. The third-order valence-corrected chi connectivity index (χ3v) is 4.85. The van der Waals surface area contributed by atoms with Crippen LogP contribution in [-0.4, -0.2) is 23.2 Å². The molecule has 1 aromatic heterocycles. The summed E-state index contributed by atoms with van der Waals surface area (Å²) in [5, 5.41) is 7.15. The van der Waals surface area contributed by atoms with Gasteiger partial charge >= 0.3 is 0 Å². The molecule has 0 radical (unpaired) electrons. The SMILES string of the molecule is CC[C@@H](C)[C@@H](NC(=O)c1ccc(C)cc1)c1nc(-c2cccc(OC)c2)no1. The smallest absolute Gasteiger partial charge is 0.251 e. The first-order valence-corrected chi connectivity index (χ1v) is 9.37. The highest BCUT2D eigenvalue weighted by atomic mass is 16.5. The molecule has 0 fully saturated rings. The van der Waals surface area contributed by atoms with Crippen molar-refractivity contribution >= 4 is 5.91 Å². The van der Waals surface area contributed by atoms with E-state index in [2.05, 4.69) is 29.3 Å². The Morgan fingerprint density at radius 1 is 1.21 bits per heavy atom. The Morgan fingerprint density at radius 3 is 2.64 bits per heavy atom. The molecule has 0 aliphatic heterocycles. The molecule has 0 saturated heterocycles. The summed E-state index contributed by atoms with van der Waals surface area (Å²) in [7, 11) is 1.61. The number of carbonyl (C=O) groups is 1. The second-order valence-electron chi connectivity index (χ2n) is 6.89. The van der Waals surface area contributed by atoms with Crippen LogP contribution in [0.1, 0.15) is 48.1 Å². The van der Waals surface area contributed by atoms with E-state index < -0.39 is 0 Å². The van der Waals surface area contributed by atoms with E-state index in [9.17, 15) is 4.79 Å². The Kier molecular flexibility index (Phi) is 6.09. The van der Waals surface area contributed by atoms with Crippen molar-refractivity contribution in [1.29, 1.82) is 0 Å². The summed E-state index contributed by atoms with van der Waals surface area (Å²) < 4.78 is 10.8. The molecule has 0 bridgehead atoms. The van der Waals surface area contributed by atoms with Crippen LogP contribution in [0.2, 0.25) is 0 Å². The zero-order valence-corrected chi connectivity index (χ0v) is 16.6. The van der Waals surface area contributed by atoms with Crippen LogP contribution >= 0.6 is 0 Å². The minimum Gasteiger partial charge on any atom is -0.497 e. The van der Waals surface area contributed by atoms with Gasteiger partial charge in [0.05, 0.1) is 7.11 Å². The highest BCUT2D eigenvalue weighted by molar-refractivity contribution is 5.94. The Hall–Kier alpha value is -3.15. The number of methoxy groups -OCH3 is 1. The van der Waals surface area contributed by atoms with Gasteiger partial charge in [0.1, 0.15) is 11.8 Å². The first kappa shape index (κ1) is 19.6. The van der Waals surface area contributed by atoms with Crippen LogP contribution in [0.25, 0.3) is 11.4 Å². The Balaban J connectivity index is 1.85. The van der Waals surface area contributed by atoms with Crippen molar-refractivity contribution in [3.05, 3.63) is 65.5 Å². The molecule has 0 aliphatic rings. The predicted octanol–water partition coefficient (Wildman–Crippen LogP) is 4.57. The van der Waals surface area contributed by atoms with E-state index in [4.69, 9.17) is 9.26 Å². The van der Waals surface area contributed by atoms with Gasteiger partial charge in [-0.25, -0.2) is 0 Å². The van der Waals surface area contributed by atoms with E-state index in [0.717, 1.165) is 23.3 Å². The van der Waals surface area contributed by atoms with Crippen LogP contribution in [0.5, 0.6) is 5.75 Å². The number of rotatable bonds is 7. The Morgan fingerprint density at radius 2 is 1.96 bits per heavy atom. The van der Waals surface area contributed by atoms with Gasteiger partial charge in [0.2, 0.25) is 11.7 Å². The molecular weight excluding hydrogens is 354 g/mol. The van der Waals surface area contributed by atoms with Gasteiger partial charge in [-0.3, -0.25) is 4.79 Å². The van der Waals surface area contributed by atoms with E-state index in [-0.39, 0.29) is 17.9 Å². The van der Waals surface area contributed by atoms with Crippen LogP contribution in [-0.2, 0) is 0 Å². The molecule has 3 rings (SSSR count). The average Bonchev–Trinajstić information content (AvgIpc) is 3.21. The average molecular weight is 379 g/mol. The van der Waals surface area contributed by atoms with E-state index in [1.807, 2.05) is 55.5 Å². The molecule has 2 aromatic carbocycles. The van der Waals surface area contributed by atoms with E-state index in [1.54, 1.807) is 7.11 Å². The van der Waals surface area contributed by atoms with Crippen molar-refractivity contribution in [1.82, 2.24) is 15.5 Å². The first-order valence-electron chi connectivity index (χ1n) is 9.37. The molecule has 146 valence electrons. The van der Waals surface area contributed by atoms with Gasteiger partial charge in [-0.05, 0) is 37.1 Å². The first-order chi connectivity index (χ1) is 13.5. The maximum atomic E-state index is 12.7. The van der Waals surface area contributed by atoms with Crippen LogP contribution in [0.4, 0.5) is 0 Å². The maximum Gasteiger partial charge on any atom is 0.251 e. The third kappa shape index (κ3) is 4.39. The van der Waals surface area contributed by atoms with Gasteiger partial charge in [0, 0.05) is 11.1 Å².